The number of rotatable bonds is 4. The number of benzene rings is 1. The van der Waals surface area contributed by atoms with Crippen molar-refractivity contribution in [3.8, 4) is 0 Å². The molecule has 0 aliphatic carbocycles. The van der Waals surface area contributed by atoms with E-state index >= 15 is 0 Å². The van der Waals surface area contributed by atoms with E-state index in [1.165, 1.54) is 0 Å². The molecule has 1 amide bonds. The van der Waals surface area contributed by atoms with Crippen molar-refractivity contribution in [3.63, 3.8) is 0 Å². The summed E-state index contributed by atoms with van der Waals surface area (Å²) in [5.41, 5.74) is 5.33. The molecule has 3 N–H and O–H groups in total. The lowest BCUT2D eigenvalue weighted by Crippen LogP contribution is -2.56. The zero-order chi connectivity index (χ0) is 14.8. The average Bonchev–Trinajstić information content (AvgIpc) is 2.39. The van der Waals surface area contributed by atoms with E-state index in [4.69, 9.17) is 15.6 Å². The van der Waals surface area contributed by atoms with E-state index in [0.29, 0.717) is 31.8 Å². The maximum absolute atomic E-state index is 11.4. The van der Waals surface area contributed by atoms with Gasteiger partial charge >= 0.3 is 5.97 Å². The highest BCUT2D eigenvalue weighted by molar-refractivity contribution is 5.89. The highest BCUT2D eigenvalue weighted by Gasteiger charge is 2.37. The third-order valence-corrected chi connectivity index (χ3v) is 3.52. The highest BCUT2D eigenvalue weighted by atomic mass is 16.5. The van der Waals surface area contributed by atoms with Gasteiger partial charge in [0.15, 0.2) is 5.60 Å². The predicted octanol–water partition coefficient (Wildman–Crippen LogP) is 0.461. The fraction of sp³-hybridized carbons (Fsp3) is 0.429. The quantitative estimate of drug-likeness (QED) is 0.834. The summed E-state index contributed by atoms with van der Waals surface area (Å²) < 4.78 is 5.44. The largest absolute Gasteiger partial charge is 0.478 e. The molecular formula is C14H18N2O4. The van der Waals surface area contributed by atoms with Crippen molar-refractivity contribution in [3.05, 3.63) is 35.4 Å². The first-order chi connectivity index (χ1) is 9.42. The molecule has 1 heterocycles. The van der Waals surface area contributed by atoms with Gasteiger partial charge in [0.25, 0.3) is 5.91 Å². The maximum Gasteiger partial charge on any atom is 0.336 e. The van der Waals surface area contributed by atoms with E-state index in [0.717, 1.165) is 0 Å². The van der Waals surface area contributed by atoms with Gasteiger partial charge in [-0.3, -0.25) is 9.69 Å². The van der Waals surface area contributed by atoms with Crippen LogP contribution in [-0.2, 0) is 16.1 Å². The summed E-state index contributed by atoms with van der Waals surface area (Å²) in [5.74, 6) is -1.46. The first-order valence-corrected chi connectivity index (χ1v) is 6.40. The SMILES string of the molecule is CC1(C(N)=O)CN(Cc2ccccc2C(=O)O)CCO1. The first kappa shape index (κ1) is 14.5. The van der Waals surface area contributed by atoms with Crippen molar-refractivity contribution in [1.29, 1.82) is 0 Å². The normalized spacial score (nSPS) is 23.4. The summed E-state index contributed by atoms with van der Waals surface area (Å²) in [6.45, 7) is 3.50. The number of amides is 1. The van der Waals surface area contributed by atoms with Crippen LogP contribution in [0.15, 0.2) is 24.3 Å². The Morgan fingerprint density at radius 3 is 2.80 bits per heavy atom. The predicted molar refractivity (Wildman–Crippen MR) is 72.2 cm³/mol. The zero-order valence-electron chi connectivity index (χ0n) is 11.3. The van der Waals surface area contributed by atoms with Gasteiger partial charge in [0.05, 0.1) is 12.2 Å². The number of carboxylic acids is 1. The monoisotopic (exact) mass is 278 g/mol. The molecule has 0 spiro atoms. The molecule has 0 saturated carbocycles. The number of aromatic carboxylic acids is 1. The minimum atomic E-state index is -1.02. The number of ether oxygens (including phenoxy) is 1. The third kappa shape index (κ3) is 2.97. The van der Waals surface area contributed by atoms with Gasteiger partial charge < -0.3 is 15.6 Å². The Morgan fingerprint density at radius 1 is 1.45 bits per heavy atom. The Bertz CT molecular complexity index is 532. The Labute approximate surface area is 117 Å². The molecule has 1 aliphatic rings. The Kier molecular flexibility index (Phi) is 4.06. The Morgan fingerprint density at radius 2 is 2.15 bits per heavy atom. The number of carbonyl (C=O) groups excluding carboxylic acids is 1. The van der Waals surface area contributed by atoms with Gasteiger partial charge in [-0.25, -0.2) is 4.79 Å². The molecule has 1 aromatic rings. The van der Waals surface area contributed by atoms with Crippen LogP contribution >= 0.6 is 0 Å². The van der Waals surface area contributed by atoms with E-state index in [1.807, 2.05) is 4.90 Å². The molecule has 1 aliphatic heterocycles. The molecule has 1 atom stereocenters. The van der Waals surface area contributed by atoms with Crippen LogP contribution in [0, 0.1) is 0 Å². The molecule has 0 radical (unpaired) electrons. The molecular weight excluding hydrogens is 260 g/mol. The zero-order valence-corrected chi connectivity index (χ0v) is 11.3. The second-order valence-corrected chi connectivity index (χ2v) is 5.12. The fourth-order valence-corrected chi connectivity index (χ4v) is 2.34. The number of primary amides is 1. The number of carbonyl (C=O) groups is 2. The van der Waals surface area contributed by atoms with Crippen LogP contribution < -0.4 is 5.73 Å². The van der Waals surface area contributed by atoms with Gasteiger partial charge in [-0.2, -0.15) is 0 Å². The van der Waals surface area contributed by atoms with Crippen LogP contribution in [0.1, 0.15) is 22.8 Å². The van der Waals surface area contributed by atoms with Gasteiger partial charge in [0.1, 0.15) is 0 Å². The molecule has 1 saturated heterocycles. The van der Waals surface area contributed by atoms with Gasteiger partial charge in [0.2, 0.25) is 0 Å². The van der Waals surface area contributed by atoms with Gasteiger partial charge in [-0.05, 0) is 18.6 Å². The number of nitrogens with two attached hydrogens (primary N) is 1. The van der Waals surface area contributed by atoms with E-state index < -0.39 is 17.5 Å². The van der Waals surface area contributed by atoms with Crippen LogP contribution in [0.3, 0.4) is 0 Å². The van der Waals surface area contributed by atoms with E-state index in [-0.39, 0.29) is 5.56 Å². The highest BCUT2D eigenvalue weighted by Crippen LogP contribution is 2.20. The maximum atomic E-state index is 11.4. The van der Waals surface area contributed by atoms with Crippen LogP contribution in [0.2, 0.25) is 0 Å². The van der Waals surface area contributed by atoms with E-state index in [2.05, 4.69) is 0 Å². The van der Waals surface area contributed by atoms with Crippen molar-refractivity contribution >= 4 is 11.9 Å². The van der Waals surface area contributed by atoms with Gasteiger partial charge in [-0.15, -0.1) is 0 Å². The van der Waals surface area contributed by atoms with Crippen LogP contribution in [-0.4, -0.2) is 47.2 Å². The number of morpholine rings is 1. The molecule has 1 aromatic carbocycles. The van der Waals surface area contributed by atoms with Crippen molar-refractivity contribution in [2.24, 2.45) is 5.73 Å². The number of nitrogens with zero attached hydrogens (tertiary/aromatic N) is 1. The van der Waals surface area contributed by atoms with Gasteiger partial charge in [0, 0.05) is 19.6 Å². The minimum Gasteiger partial charge on any atom is -0.478 e. The summed E-state index contributed by atoms with van der Waals surface area (Å²) in [6.07, 6.45) is 0. The summed E-state index contributed by atoms with van der Waals surface area (Å²) >= 11 is 0. The van der Waals surface area contributed by atoms with Gasteiger partial charge in [-0.1, -0.05) is 18.2 Å². The molecule has 6 nitrogen and oxygen atoms in total. The Hall–Kier alpha value is -1.92. The lowest BCUT2D eigenvalue weighted by molar-refractivity contribution is -0.153. The smallest absolute Gasteiger partial charge is 0.336 e. The summed E-state index contributed by atoms with van der Waals surface area (Å²) in [4.78, 5) is 24.6. The molecule has 1 unspecified atom stereocenters. The molecule has 0 aromatic heterocycles. The standard InChI is InChI=1S/C14H18N2O4/c1-14(13(15)19)9-16(6-7-20-14)8-10-4-2-3-5-11(10)12(17)18/h2-5H,6-9H2,1H3,(H2,15,19)(H,17,18). The summed E-state index contributed by atoms with van der Waals surface area (Å²) in [5, 5.41) is 9.17. The Balaban J connectivity index is 2.14. The van der Waals surface area contributed by atoms with Crippen molar-refractivity contribution in [2.75, 3.05) is 19.7 Å². The minimum absolute atomic E-state index is 0.278. The van der Waals surface area contributed by atoms with Crippen LogP contribution in [0.4, 0.5) is 0 Å². The number of hydrogen-bond acceptors (Lipinski definition) is 4. The molecule has 1 fully saturated rings. The molecule has 108 valence electrons. The van der Waals surface area contributed by atoms with Crippen molar-refractivity contribution in [2.45, 2.75) is 19.1 Å². The second-order valence-electron chi connectivity index (χ2n) is 5.12. The topological polar surface area (TPSA) is 92.9 Å². The van der Waals surface area contributed by atoms with Crippen molar-refractivity contribution < 1.29 is 19.4 Å². The molecule has 2 rings (SSSR count). The molecule has 6 heteroatoms. The van der Waals surface area contributed by atoms with E-state index in [1.54, 1.807) is 31.2 Å². The lowest BCUT2D eigenvalue weighted by Gasteiger charge is -2.38. The summed E-state index contributed by atoms with van der Waals surface area (Å²) in [6, 6.07) is 6.85. The molecule has 0 bridgehead atoms. The van der Waals surface area contributed by atoms with E-state index in [9.17, 15) is 9.59 Å². The van der Waals surface area contributed by atoms with Crippen LogP contribution in [0.25, 0.3) is 0 Å². The average molecular weight is 278 g/mol. The van der Waals surface area contributed by atoms with Crippen molar-refractivity contribution in [1.82, 2.24) is 4.90 Å². The lowest BCUT2D eigenvalue weighted by atomic mass is 10.0. The first-order valence-electron chi connectivity index (χ1n) is 6.40. The number of hydrogen-bond donors (Lipinski definition) is 2. The fourth-order valence-electron chi connectivity index (χ4n) is 2.34. The third-order valence-electron chi connectivity index (χ3n) is 3.52. The molecule has 20 heavy (non-hydrogen) atoms. The second kappa shape index (κ2) is 5.60. The summed E-state index contributed by atoms with van der Waals surface area (Å²) in [7, 11) is 0. The number of carboxylic acid groups (broad SMARTS) is 1. The van der Waals surface area contributed by atoms with Crippen LogP contribution in [0.5, 0.6) is 0 Å².